The van der Waals surface area contributed by atoms with Gasteiger partial charge in [0.1, 0.15) is 23.2 Å². The molecule has 5 nitrogen and oxygen atoms in total. The third kappa shape index (κ3) is 3.36. The zero-order valence-electron chi connectivity index (χ0n) is 10.9. The van der Waals surface area contributed by atoms with Gasteiger partial charge in [0.2, 0.25) is 0 Å². The van der Waals surface area contributed by atoms with E-state index in [4.69, 9.17) is 4.74 Å². The summed E-state index contributed by atoms with van der Waals surface area (Å²) in [4.78, 5) is 12.5. The molecule has 0 saturated heterocycles. The SMILES string of the molecule is C[Si](C)(C)CCOCn1cnc2c(Br)ncnc21. The normalized spacial score (nSPS) is 12.2. The maximum Gasteiger partial charge on any atom is 0.166 e. The average molecular weight is 329 g/mol. The van der Waals surface area contributed by atoms with E-state index in [1.165, 1.54) is 6.33 Å². The molecule has 2 aromatic heterocycles. The van der Waals surface area contributed by atoms with Crippen LogP contribution >= 0.6 is 15.9 Å². The third-order valence-electron chi connectivity index (χ3n) is 2.58. The molecular formula is C11H17BrN4OSi. The minimum absolute atomic E-state index is 0.491. The van der Waals surface area contributed by atoms with Gasteiger partial charge in [-0.15, -0.1) is 0 Å². The van der Waals surface area contributed by atoms with Crippen molar-refractivity contribution in [3.05, 3.63) is 17.3 Å². The van der Waals surface area contributed by atoms with E-state index >= 15 is 0 Å². The van der Waals surface area contributed by atoms with Crippen LogP contribution in [0.15, 0.2) is 17.3 Å². The monoisotopic (exact) mass is 328 g/mol. The van der Waals surface area contributed by atoms with Crippen molar-refractivity contribution >= 4 is 35.2 Å². The molecule has 0 spiro atoms. The molecule has 0 amide bonds. The first-order valence-electron chi connectivity index (χ1n) is 5.86. The van der Waals surface area contributed by atoms with E-state index in [9.17, 15) is 0 Å². The van der Waals surface area contributed by atoms with Crippen LogP contribution in [0.1, 0.15) is 0 Å². The van der Waals surface area contributed by atoms with Crippen LogP contribution in [0.4, 0.5) is 0 Å². The summed E-state index contributed by atoms with van der Waals surface area (Å²) in [5, 5.41) is 0. The quantitative estimate of drug-likeness (QED) is 0.481. The standard InChI is InChI=1S/C11H17BrN4OSi/c1-18(2,3)5-4-17-8-16-7-15-9-10(12)13-6-14-11(9)16/h6-7H,4-5,8H2,1-3H3. The summed E-state index contributed by atoms with van der Waals surface area (Å²) in [5.41, 5.74) is 1.57. The van der Waals surface area contributed by atoms with Crippen LogP contribution in [-0.2, 0) is 11.5 Å². The third-order valence-corrected chi connectivity index (χ3v) is 4.87. The number of imidazole rings is 1. The van der Waals surface area contributed by atoms with Crippen molar-refractivity contribution in [3.8, 4) is 0 Å². The fraction of sp³-hybridized carbons (Fsp3) is 0.545. The molecule has 2 aromatic rings. The first-order valence-corrected chi connectivity index (χ1v) is 10.4. The van der Waals surface area contributed by atoms with Crippen molar-refractivity contribution in [1.82, 2.24) is 19.5 Å². The second kappa shape index (κ2) is 5.46. The van der Waals surface area contributed by atoms with Gasteiger partial charge in [-0.3, -0.25) is 4.57 Å². The summed E-state index contributed by atoms with van der Waals surface area (Å²) in [5.74, 6) is 0. The van der Waals surface area contributed by atoms with E-state index in [0.29, 0.717) is 11.3 Å². The molecule has 0 aliphatic carbocycles. The van der Waals surface area contributed by atoms with Crippen molar-refractivity contribution in [2.75, 3.05) is 6.61 Å². The molecule has 98 valence electrons. The molecule has 0 unspecified atom stereocenters. The number of aromatic nitrogens is 4. The van der Waals surface area contributed by atoms with Crippen LogP contribution < -0.4 is 0 Å². The van der Waals surface area contributed by atoms with E-state index in [1.807, 2.05) is 4.57 Å². The van der Waals surface area contributed by atoms with Crippen LogP contribution in [-0.4, -0.2) is 34.2 Å². The zero-order valence-corrected chi connectivity index (χ0v) is 13.4. The van der Waals surface area contributed by atoms with Gasteiger partial charge >= 0.3 is 0 Å². The number of rotatable bonds is 5. The van der Waals surface area contributed by atoms with Gasteiger partial charge in [-0.1, -0.05) is 19.6 Å². The van der Waals surface area contributed by atoms with Gasteiger partial charge in [-0.25, -0.2) is 15.0 Å². The predicted molar refractivity (Wildman–Crippen MR) is 77.1 cm³/mol. The van der Waals surface area contributed by atoms with E-state index in [2.05, 4.69) is 50.5 Å². The Morgan fingerprint density at radius 1 is 1.28 bits per heavy atom. The lowest BCUT2D eigenvalue weighted by Gasteiger charge is -2.15. The van der Waals surface area contributed by atoms with Gasteiger partial charge < -0.3 is 4.74 Å². The minimum atomic E-state index is -1.02. The first kappa shape index (κ1) is 13.6. The van der Waals surface area contributed by atoms with Crippen molar-refractivity contribution in [2.24, 2.45) is 0 Å². The Labute approximate surface area is 116 Å². The Bertz CT molecular complexity index is 537. The maximum absolute atomic E-state index is 5.68. The number of ether oxygens (including phenoxy) is 1. The Morgan fingerprint density at radius 3 is 2.78 bits per heavy atom. The van der Waals surface area contributed by atoms with Gasteiger partial charge in [-0.2, -0.15) is 0 Å². The Morgan fingerprint density at radius 2 is 2.06 bits per heavy atom. The van der Waals surface area contributed by atoms with Gasteiger partial charge in [0.15, 0.2) is 5.65 Å². The van der Waals surface area contributed by atoms with Gasteiger partial charge in [-0.05, 0) is 22.0 Å². The van der Waals surface area contributed by atoms with Crippen LogP contribution in [0.2, 0.25) is 25.7 Å². The van der Waals surface area contributed by atoms with E-state index < -0.39 is 8.07 Å². The van der Waals surface area contributed by atoms with Gasteiger partial charge in [0.05, 0.1) is 6.33 Å². The van der Waals surface area contributed by atoms with Crippen LogP contribution in [0.3, 0.4) is 0 Å². The fourth-order valence-corrected chi connectivity index (χ4v) is 2.62. The molecule has 2 heterocycles. The summed E-state index contributed by atoms with van der Waals surface area (Å²) in [6.07, 6.45) is 3.26. The first-order chi connectivity index (χ1) is 8.47. The number of nitrogens with zero attached hydrogens (tertiary/aromatic N) is 4. The average Bonchev–Trinajstić information content (AvgIpc) is 2.68. The molecule has 0 bridgehead atoms. The number of hydrogen-bond donors (Lipinski definition) is 0. The van der Waals surface area contributed by atoms with Gasteiger partial charge in [0.25, 0.3) is 0 Å². The van der Waals surface area contributed by atoms with Gasteiger partial charge in [0, 0.05) is 14.7 Å². The maximum atomic E-state index is 5.68. The highest BCUT2D eigenvalue weighted by Crippen LogP contribution is 2.17. The lowest BCUT2D eigenvalue weighted by atomic mass is 10.6. The molecule has 0 N–H and O–H groups in total. The molecule has 0 saturated carbocycles. The molecule has 7 heteroatoms. The molecule has 0 aliphatic rings. The molecule has 18 heavy (non-hydrogen) atoms. The summed E-state index contributed by atoms with van der Waals surface area (Å²) in [6.45, 7) is 8.31. The molecule has 2 rings (SSSR count). The molecule has 0 atom stereocenters. The highest BCUT2D eigenvalue weighted by Gasteiger charge is 2.12. The minimum Gasteiger partial charge on any atom is -0.361 e. The predicted octanol–water partition coefficient (Wildman–Crippen LogP) is 2.90. The largest absolute Gasteiger partial charge is 0.361 e. The van der Waals surface area contributed by atoms with E-state index in [1.54, 1.807) is 6.33 Å². The van der Waals surface area contributed by atoms with Crippen molar-refractivity contribution in [1.29, 1.82) is 0 Å². The smallest absolute Gasteiger partial charge is 0.166 e. The van der Waals surface area contributed by atoms with Crippen LogP contribution in [0.25, 0.3) is 11.2 Å². The van der Waals surface area contributed by atoms with Crippen LogP contribution in [0, 0.1) is 0 Å². The highest BCUT2D eigenvalue weighted by atomic mass is 79.9. The summed E-state index contributed by atoms with van der Waals surface area (Å²) >= 11 is 3.36. The zero-order chi connectivity index (χ0) is 13.2. The molecule has 0 fully saturated rings. The summed E-state index contributed by atoms with van der Waals surface area (Å²) in [6, 6.07) is 1.16. The molecular weight excluding hydrogens is 312 g/mol. The molecule has 0 radical (unpaired) electrons. The molecule has 0 aromatic carbocycles. The number of fused-ring (bicyclic) bond motifs is 1. The topological polar surface area (TPSA) is 52.8 Å². The lowest BCUT2D eigenvalue weighted by molar-refractivity contribution is 0.0895. The second-order valence-electron chi connectivity index (χ2n) is 5.40. The lowest BCUT2D eigenvalue weighted by Crippen LogP contribution is -2.22. The number of halogens is 1. The highest BCUT2D eigenvalue weighted by molar-refractivity contribution is 9.10. The van der Waals surface area contributed by atoms with E-state index in [-0.39, 0.29) is 0 Å². The van der Waals surface area contributed by atoms with Crippen LogP contribution in [0.5, 0.6) is 0 Å². The second-order valence-corrected chi connectivity index (χ2v) is 11.8. The summed E-state index contributed by atoms with van der Waals surface area (Å²) < 4.78 is 8.29. The Balaban J connectivity index is 1.98. The summed E-state index contributed by atoms with van der Waals surface area (Å²) in [7, 11) is -1.02. The van der Waals surface area contributed by atoms with Crippen molar-refractivity contribution < 1.29 is 4.74 Å². The fourth-order valence-electron chi connectivity index (χ4n) is 1.49. The van der Waals surface area contributed by atoms with E-state index in [0.717, 1.165) is 23.8 Å². The molecule has 0 aliphatic heterocycles. The van der Waals surface area contributed by atoms with Crippen molar-refractivity contribution in [2.45, 2.75) is 32.4 Å². The Kier molecular flexibility index (Phi) is 4.13. The number of hydrogen-bond acceptors (Lipinski definition) is 4. The Hall–Kier alpha value is -0.793. The van der Waals surface area contributed by atoms with Crippen molar-refractivity contribution in [3.63, 3.8) is 0 Å².